The smallest absolute Gasteiger partial charge is 0.271 e. The lowest BCUT2D eigenvalue weighted by Crippen LogP contribution is -2.38. The van der Waals surface area contributed by atoms with Crippen LogP contribution in [0.15, 0.2) is 77.8 Å². The predicted octanol–water partition coefficient (Wildman–Crippen LogP) is 3.13. The average molecular weight is 426 g/mol. The molecule has 10 heteroatoms. The van der Waals surface area contributed by atoms with E-state index in [1.807, 2.05) is 6.92 Å². The SMILES string of the molecule is Cc1ccc(S(=O)(=O)N(CC(=O)Nc2ccccn2)c2cccc([N+](=O)[O-])c2)cc1. The van der Waals surface area contributed by atoms with Crippen LogP contribution >= 0.6 is 0 Å². The quantitative estimate of drug-likeness (QED) is 0.457. The summed E-state index contributed by atoms with van der Waals surface area (Å²) in [6.07, 6.45) is 1.48. The van der Waals surface area contributed by atoms with Crippen LogP contribution in [-0.2, 0) is 14.8 Å². The minimum atomic E-state index is -4.17. The van der Waals surface area contributed by atoms with Gasteiger partial charge in [-0.15, -0.1) is 0 Å². The van der Waals surface area contributed by atoms with Crippen LogP contribution in [0.5, 0.6) is 0 Å². The summed E-state index contributed by atoms with van der Waals surface area (Å²) in [5.74, 6) is -0.384. The Bertz CT molecular complexity index is 1170. The van der Waals surface area contributed by atoms with Gasteiger partial charge in [-0.1, -0.05) is 29.8 Å². The van der Waals surface area contributed by atoms with Crippen molar-refractivity contribution < 1.29 is 18.1 Å². The zero-order valence-corrected chi connectivity index (χ0v) is 16.7. The second-order valence-corrected chi connectivity index (χ2v) is 8.23. The maximum atomic E-state index is 13.3. The van der Waals surface area contributed by atoms with Crippen molar-refractivity contribution in [2.24, 2.45) is 0 Å². The van der Waals surface area contributed by atoms with Gasteiger partial charge in [0.25, 0.3) is 15.7 Å². The summed E-state index contributed by atoms with van der Waals surface area (Å²) in [5.41, 5.74) is 0.575. The number of pyridine rings is 1. The molecule has 1 N–H and O–H groups in total. The van der Waals surface area contributed by atoms with E-state index in [4.69, 9.17) is 0 Å². The van der Waals surface area contributed by atoms with Crippen LogP contribution in [0.2, 0.25) is 0 Å². The van der Waals surface area contributed by atoms with E-state index in [1.165, 1.54) is 36.5 Å². The van der Waals surface area contributed by atoms with E-state index in [1.54, 1.807) is 30.3 Å². The van der Waals surface area contributed by atoms with Gasteiger partial charge < -0.3 is 5.32 Å². The number of nitrogens with zero attached hydrogens (tertiary/aromatic N) is 3. The number of nitro groups is 1. The molecule has 1 amide bonds. The maximum absolute atomic E-state index is 13.3. The van der Waals surface area contributed by atoms with E-state index >= 15 is 0 Å². The van der Waals surface area contributed by atoms with Crippen LogP contribution < -0.4 is 9.62 Å². The first-order valence-electron chi connectivity index (χ1n) is 8.82. The number of benzene rings is 2. The van der Waals surface area contributed by atoms with Gasteiger partial charge in [-0.3, -0.25) is 19.2 Å². The number of sulfonamides is 1. The highest BCUT2D eigenvalue weighted by Crippen LogP contribution is 2.27. The fourth-order valence-electron chi connectivity index (χ4n) is 2.66. The minimum absolute atomic E-state index is 0.000876. The number of hydrogen-bond acceptors (Lipinski definition) is 6. The third-order valence-electron chi connectivity index (χ3n) is 4.16. The number of carbonyl (C=O) groups is 1. The molecule has 3 aromatic rings. The summed E-state index contributed by atoms with van der Waals surface area (Å²) < 4.78 is 27.4. The number of nitro benzene ring substituents is 1. The molecule has 3 rings (SSSR count). The number of aryl methyl sites for hydroxylation is 1. The van der Waals surface area contributed by atoms with Crippen molar-refractivity contribution in [1.29, 1.82) is 0 Å². The van der Waals surface area contributed by atoms with E-state index in [2.05, 4.69) is 10.3 Å². The Morgan fingerprint density at radius 3 is 2.47 bits per heavy atom. The Kier molecular flexibility index (Phi) is 6.07. The van der Waals surface area contributed by atoms with Gasteiger partial charge in [0, 0.05) is 18.3 Å². The number of carbonyl (C=O) groups excluding carboxylic acids is 1. The minimum Gasteiger partial charge on any atom is -0.309 e. The summed E-state index contributed by atoms with van der Waals surface area (Å²) in [6, 6.07) is 16.1. The fraction of sp³-hybridized carbons (Fsp3) is 0.100. The van der Waals surface area contributed by atoms with Crippen molar-refractivity contribution in [3.8, 4) is 0 Å². The Labute approximate surface area is 173 Å². The van der Waals surface area contributed by atoms with Crippen LogP contribution in [0.25, 0.3) is 0 Å². The first-order valence-corrected chi connectivity index (χ1v) is 10.3. The van der Waals surface area contributed by atoms with Crippen LogP contribution in [0, 0.1) is 17.0 Å². The maximum Gasteiger partial charge on any atom is 0.271 e. The van der Waals surface area contributed by atoms with Crippen molar-refractivity contribution in [3.63, 3.8) is 0 Å². The molecule has 0 saturated heterocycles. The van der Waals surface area contributed by atoms with Gasteiger partial charge in [0.05, 0.1) is 15.5 Å². The van der Waals surface area contributed by atoms with Gasteiger partial charge in [0.15, 0.2) is 0 Å². The normalized spacial score (nSPS) is 11.0. The van der Waals surface area contributed by atoms with Crippen molar-refractivity contribution in [1.82, 2.24) is 4.98 Å². The summed E-state index contributed by atoms with van der Waals surface area (Å²) >= 11 is 0. The molecule has 0 saturated carbocycles. The molecule has 9 nitrogen and oxygen atoms in total. The molecule has 1 aromatic heterocycles. The van der Waals surface area contributed by atoms with Crippen LogP contribution in [0.4, 0.5) is 17.2 Å². The molecular weight excluding hydrogens is 408 g/mol. The topological polar surface area (TPSA) is 123 Å². The monoisotopic (exact) mass is 426 g/mol. The summed E-state index contributed by atoms with van der Waals surface area (Å²) in [6.45, 7) is 1.23. The van der Waals surface area contributed by atoms with E-state index in [0.29, 0.717) is 0 Å². The number of rotatable bonds is 7. The first kappa shape index (κ1) is 20.9. The Morgan fingerprint density at radius 2 is 1.83 bits per heavy atom. The molecule has 0 aliphatic heterocycles. The summed E-state index contributed by atoms with van der Waals surface area (Å²) in [7, 11) is -4.17. The van der Waals surface area contributed by atoms with E-state index in [9.17, 15) is 23.3 Å². The Balaban J connectivity index is 2.00. The highest BCUT2D eigenvalue weighted by atomic mass is 32.2. The van der Waals surface area contributed by atoms with E-state index < -0.39 is 27.4 Å². The number of anilines is 2. The van der Waals surface area contributed by atoms with Gasteiger partial charge in [-0.25, -0.2) is 13.4 Å². The van der Waals surface area contributed by atoms with Crippen molar-refractivity contribution in [2.75, 3.05) is 16.2 Å². The molecule has 0 unspecified atom stereocenters. The van der Waals surface area contributed by atoms with E-state index in [0.717, 1.165) is 15.9 Å². The van der Waals surface area contributed by atoms with Gasteiger partial charge in [-0.05, 0) is 37.3 Å². The van der Waals surface area contributed by atoms with Gasteiger partial charge >= 0.3 is 0 Å². The third kappa shape index (κ3) is 4.78. The second-order valence-electron chi connectivity index (χ2n) is 6.36. The molecule has 0 atom stereocenters. The molecular formula is C20H18N4O5S. The zero-order chi connectivity index (χ0) is 21.7. The summed E-state index contributed by atoms with van der Waals surface area (Å²) in [4.78, 5) is 27.0. The molecule has 0 aliphatic rings. The van der Waals surface area contributed by atoms with Crippen molar-refractivity contribution in [2.45, 2.75) is 11.8 Å². The van der Waals surface area contributed by atoms with Crippen molar-refractivity contribution in [3.05, 3.63) is 88.6 Å². The molecule has 0 bridgehead atoms. The predicted molar refractivity (Wildman–Crippen MR) is 112 cm³/mol. The number of hydrogen-bond donors (Lipinski definition) is 1. The molecule has 1 heterocycles. The van der Waals surface area contributed by atoms with Crippen LogP contribution in [-0.4, -0.2) is 30.8 Å². The number of non-ortho nitro benzene ring substituents is 1. The highest BCUT2D eigenvalue weighted by molar-refractivity contribution is 7.92. The van der Waals surface area contributed by atoms with Gasteiger partial charge in [0.1, 0.15) is 12.4 Å². The Morgan fingerprint density at radius 1 is 1.10 bits per heavy atom. The lowest BCUT2D eigenvalue weighted by Gasteiger charge is -2.24. The van der Waals surface area contributed by atoms with Crippen LogP contribution in [0.1, 0.15) is 5.56 Å². The fourth-order valence-corrected chi connectivity index (χ4v) is 4.08. The number of amides is 1. The third-order valence-corrected chi connectivity index (χ3v) is 5.95. The lowest BCUT2D eigenvalue weighted by molar-refractivity contribution is -0.384. The van der Waals surface area contributed by atoms with E-state index in [-0.39, 0.29) is 22.1 Å². The molecule has 0 spiro atoms. The Hall–Kier alpha value is -3.79. The molecule has 30 heavy (non-hydrogen) atoms. The lowest BCUT2D eigenvalue weighted by atomic mass is 10.2. The highest BCUT2D eigenvalue weighted by Gasteiger charge is 2.28. The van der Waals surface area contributed by atoms with Gasteiger partial charge in [-0.2, -0.15) is 0 Å². The standard InChI is InChI=1S/C20H18N4O5S/c1-15-8-10-18(11-9-15)30(28,29)23(16-5-4-6-17(13-16)24(26)27)14-20(25)22-19-7-2-3-12-21-19/h2-13H,14H2,1H3,(H,21,22,25). The molecule has 0 aliphatic carbocycles. The largest absolute Gasteiger partial charge is 0.309 e. The molecule has 0 fully saturated rings. The van der Waals surface area contributed by atoms with Crippen molar-refractivity contribution >= 4 is 33.1 Å². The average Bonchev–Trinajstić information content (AvgIpc) is 2.73. The van der Waals surface area contributed by atoms with Crippen LogP contribution in [0.3, 0.4) is 0 Å². The molecule has 0 radical (unpaired) electrons. The molecule has 2 aromatic carbocycles. The molecule has 154 valence electrons. The first-order chi connectivity index (χ1) is 14.3. The second kappa shape index (κ2) is 8.70. The van der Waals surface area contributed by atoms with Gasteiger partial charge in [0.2, 0.25) is 5.91 Å². The number of aromatic nitrogens is 1. The zero-order valence-electron chi connectivity index (χ0n) is 15.9. The summed E-state index contributed by atoms with van der Waals surface area (Å²) in [5, 5.41) is 13.7. The number of nitrogens with one attached hydrogen (secondary N) is 1.